The van der Waals surface area contributed by atoms with Crippen molar-refractivity contribution in [1.29, 1.82) is 5.26 Å². The van der Waals surface area contributed by atoms with E-state index in [1.54, 1.807) is 4.90 Å². The fraction of sp³-hybridized carbons (Fsp3) is 0.842. The van der Waals surface area contributed by atoms with Crippen LogP contribution < -0.4 is 5.32 Å². The Hall–Kier alpha value is -1.52. The Labute approximate surface area is 169 Å². The molecule has 0 spiro atoms. The SMILES string of the molecule is CC(C)N(C(=O)N1CCC(NCC(=O)N2CCC[C@H]2C#N)CC1)C(C)C.Cl. The highest BCUT2D eigenvalue weighted by Crippen LogP contribution is 2.18. The van der Waals surface area contributed by atoms with Gasteiger partial charge < -0.3 is 20.0 Å². The first-order valence-electron chi connectivity index (χ1n) is 9.84. The van der Waals surface area contributed by atoms with Gasteiger partial charge in [-0.25, -0.2) is 4.79 Å². The average molecular weight is 400 g/mol. The van der Waals surface area contributed by atoms with Gasteiger partial charge in [-0.2, -0.15) is 5.26 Å². The third-order valence-corrected chi connectivity index (χ3v) is 5.36. The van der Waals surface area contributed by atoms with E-state index in [0.717, 1.165) is 25.7 Å². The van der Waals surface area contributed by atoms with Gasteiger partial charge in [0.2, 0.25) is 5.91 Å². The maximum Gasteiger partial charge on any atom is 0.320 e. The van der Waals surface area contributed by atoms with Gasteiger partial charge in [-0.15, -0.1) is 12.4 Å². The second kappa shape index (κ2) is 10.7. The standard InChI is InChI=1S/C19H33N5O2.ClH/c1-14(2)24(15(3)4)19(26)22-10-7-16(8-11-22)21-13-18(25)23-9-5-6-17(23)12-20;/h14-17,21H,5-11,13H2,1-4H3;1H/t17-;/m0./s1. The molecule has 0 saturated carbocycles. The molecule has 0 bridgehead atoms. The van der Waals surface area contributed by atoms with Crippen LogP contribution in [0.25, 0.3) is 0 Å². The Balaban J connectivity index is 0.00000364. The highest BCUT2D eigenvalue weighted by Gasteiger charge is 2.31. The van der Waals surface area contributed by atoms with E-state index in [1.807, 2.05) is 37.5 Å². The number of amides is 3. The molecule has 1 atom stereocenters. The minimum absolute atomic E-state index is 0. The first-order chi connectivity index (χ1) is 12.3. The van der Waals surface area contributed by atoms with Crippen molar-refractivity contribution in [3.8, 4) is 6.07 Å². The van der Waals surface area contributed by atoms with Crippen LogP contribution in [0.15, 0.2) is 0 Å². The van der Waals surface area contributed by atoms with Gasteiger partial charge in [0.1, 0.15) is 6.04 Å². The van der Waals surface area contributed by atoms with E-state index in [-0.39, 0.29) is 55.1 Å². The summed E-state index contributed by atoms with van der Waals surface area (Å²) in [5, 5.41) is 12.4. The van der Waals surface area contributed by atoms with Gasteiger partial charge in [0.05, 0.1) is 12.6 Å². The van der Waals surface area contributed by atoms with Gasteiger partial charge >= 0.3 is 6.03 Å². The first-order valence-corrected chi connectivity index (χ1v) is 9.84. The fourth-order valence-corrected chi connectivity index (χ4v) is 4.01. The molecule has 27 heavy (non-hydrogen) atoms. The zero-order valence-electron chi connectivity index (χ0n) is 17.0. The van der Waals surface area contributed by atoms with Gasteiger partial charge in [0.25, 0.3) is 0 Å². The monoisotopic (exact) mass is 399 g/mol. The molecule has 0 aromatic heterocycles. The largest absolute Gasteiger partial charge is 0.326 e. The minimum Gasteiger partial charge on any atom is -0.326 e. The number of piperidine rings is 1. The molecule has 0 aromatic carbocycles. The van der Waals surface area contributed by atoms with Crippen molar-refractivity contribution in [3.05, 3.63) is 0 Å². The number of likely N-dealkylation sites (tertiary alicyclic amines) is 2. The van der Waals surface area contributed by atoms with Crippen LogP contribution in [0.2, 0.25) is 0 Å². The number of halogens is 1. The minimum atomic E-state index is -0.262. The molecule has 154 valence electrons. The summed E-state index contributed by atoms with van der Waals surface area (Å²) in [7, 11) is 0. The molecule has 1 N–H and O–H groups in total. The van der Waals surface area contributed by atoms with E-state index in [0.29, 0.717) is 19.6 Å². The predicted octanol–water partition coefficient (Wildman–Crippen LogP) is 2.22. The van der Waals surface area contributed by atoms with Crippen LogP contribution in [0, 0.1) is 11.3 Å². The second-order valence-electron chi connectivity index (χ2n) is 7.89. The number of nitrogens with one attached hydrogen (secondary N) is 1. The van der Waals surface area contributed by atoms with Crippen LogP contribution in [-0.2, 0) is 4.79 Å². The van der Waals surface area contributed by atoms with Crippen LogP contribution in [0.3, 0.4) is 0 Å². The van der Waals surface area contributed by atoms with Crippen LogP contribution >= 0.6 is 12.4 Å². The maximum absolute atomic E-state index is 12.7. The third kappa shape index (κ3) is 5.98. The van der Waals surface area contributed by atoms with Crippen molar-refractivity contribution in [1.82, 2.24) is 20.0 Å². The van der Waals surface area contributed by atoms with E-state index in [4.69, 9.17) is 5.26 Å². The number of carbonyl (C=O) groups excluding carboxylic acids is 2. The number of nitriles is 1. The van der Waals surface area contributed by atoms with Gasteiger partial charge in [0, 0.05) is 37.8 Å². The summed E-state index contributed by atoms with van der Waals surface area (Å²) in [5.74, 6) is 0.0124. The lowest BCUT2D eigenvalue weighted by molar-refractivity contribution is -0.130. The van der Waals surface area contributed by atoms with Crippen molar-refractivity contribution in [2.75, 3.05) is 26.2 Å². The molecular formula is C19H34ClN5O2. The topological polar surface area (TPSA) is 79.7 Å². The van der Waals surface area contributed by atoms with Gasteiger partial charge in [-0.05, 0) is 53.4 Å². The smallest absolute Gasteiger partial charge is 0.320 e. The molecule has 2 aliphatic heterocycles. The highest BCUT2D eigenvalue weighted by atomic mass is 35.5. The van der Waals surface area contributed by atoms with Crippen molar-refractivity contribution >= 4 is 24.3 Å². The molecule has 8 heteroatoms. The molecule has 2 heterocycles. The van der Waals surface area contributed by atoms with Crippen molar-refractivity contribution in [2.45, 2.75) is 77.5 Å². The van der Waals surface area contributed by atoms with Crippen LogP contribution in [0.1, 0.15) is 53.4 Å². The summed E-state index contributed by atoms with van der Waals surface area (Å²) in [6.07, 6.45) is 3.40. The summed E-state index contributed by atoms with van der Waals surface area (Å²) in [4.78, 5) is 30.6. The fourth-order valence-electron chi connectivity index (χ4n) is 4.01. The Kier molecular flexibility index (Phi) is 9.34. The number of hydrogen-bond acceptors (Lipinski definition) is 4. The summed E-state index contributed by atoms with van der Waals surface area (Å²) < 4.78 is 0. The molecule has 0 unspecified atom stereocenters. The zero-order valence-corrected chi connectivity index (χ0v) is 17.8. The summed E-state index contributed by atoms with van der Waals surface area (Å²) >= 11 is 0. The van der Waals surface area contributed by atoms with Crippen molar-refractivity contribution in [3.63, 3.8) is 0 Å². The Morgan fingerprint density at radius 2 is 1.70 bits per heavy atom. The van der Waals surface area contributed by atoms with E-state index < -0.39 is 0 Å². The second-order valence-corrected chi connectivity index (χ2v) is 7.89. The molecule has 2 saturated heterocycles. The van der Waals surface area contributed by atoms with Gasteiger partial charge in [-0.1, -0.05) is 0 Å². The van der Waals surface area contributed by atoms with E-state index >= 15 is 0 Å². The van der Waals surface area contributed by atoms with Gasteiger partial charge in [-0.3, -0.25) is 4.79 Å². The molecule has 0 aromatic rings. The Morgan fingerprint density at radius 1 is 1.11 bits per heavy atom. The molecule has 2 rings (SSSR count). The molecule has 3 amide bonds. The van der Waals surface area contributed by atoms with E-state index in [2.05, 4.69) is 11.4 Å². The number of carbonyl (C=O) groups is 2. The lowest BCUT2D eigenvalue weighted by Crippen LogP contribution is -2.54. The number of nitrogens with zero attached hydrogens (tertiary/aromatic N) is 4. The Bertz CT molecular complexity index is 533. The van der Waals surface area contributed by atoms with Crippen LogP contribution in [0.5, 0.6) is 0 Å². The molecule has 2 fully saturated rings. The van der Waals surface area contributed by atoms with E-state index in [1.165, 1.54) is 0 Å². The summed E-state index contributed by atoms with van der Waals surface area (Å²) in [5.41, 5.74) is 0. The molecule has 7 nitrogen and oxygen atoms in total. The maximum atomic E-state index is 12.7. The molecule has 0 aliphatic carbocycles. The highest BCUT2D eigenvalue weighted by molar-refractivity contribution is 5.85. The number of hydrogen-bond donors (Lipinski definition) is 1. The average Bonchev–Trinajstić information content (AvgIpc) is 3.08. The third-order valence-electron chi connectivity index (χ3n) is 5.36. The van der Waals surface area contributed by atoms with Crippen LogP contribution in [-0.4, -0.2) is 77.0 Å². The van der Waals surface area contributed by atoms with Crippen molar-refractivity contribution < 1.29 is 9.59 Å². The van der Waals surface area contributed by atoms with Crippen molar-refractivity contribution in [2.24, 2.45) is 0 Å². The molecule has 2 aliphatic rings. The number of rotatable bonds is 5. The molecular weight excluding hydrogens is 366 g/mol. The van der Waals surface area contributed by atoms with Gasteiger partial charge in [0.15, 0.2) is 0 Å². The summed E-state index contributed by atoms with van der Waals surface area (Å²) in [6.45, 7) is 10.6. The summed E-state index contributed by atoms with van der Waals surface area (Å²) in [6, 6.07) is 2.67. The predicted molar refractivity (Wildman–Crippen MR) is 108 cm³/mol. The Morgan fingerprint density at radius 3 is 2.22 bits per heavy atom. The lowest BCUT2D eigenvalue weighted by Gasteiger charge is -2.39. The normalized spacial score (nSPS) is 20.6. The quantitative estimate of drug-likeness (QED) is 0.768. The number of urea groups is 1. The van der Waals surface area contributed by atoms with E-state index in [9.17, 15) is 9.59 Å². The van der Waals surface area contributed by atoms with Crippen LogP contribution in [0.4, 0.5) is 4.79 Å². The molecule has 0 radical (unpaired) electrons. The first kappa shape index (κ1) is 23.5. The lowest BCUT2D eigenvalue weighted by atomic mass is 10.1. The zero-order chi connectivity index (χ0) is 19.3.